The Kier molecular flexibility index (Phi) is 4.53. The van der Waals surface area contributed by atoms with E-state index < -0.39 is 0 Å². The molecule has 0 amide bonds. The van der Waals surface area contributed by atoms with Crippen LogP contribution in [0.15, 0.2) is 41.4 Å². The Morgan fingerprint density at radius 1 is 0.969 bits per heavy atom. The van der Waals surface area contributed by atoms with Crippen LogP contribution in [0, 0.1) is 23.2 Å². The van der Waals surface area contributed by atoms with Gasteiger partial charge in [0.2, 0.25) is 0 Å². The molecule has 2 fully saturated rings. The lowest BCUT2D eigenvalue weighted by Gasteiger charge is -2.47. The van der Waals surface area contributed by atoms with Crippen molar-refractivity contribution in [3.8, 4) is 17.6 Å². The van der Waals surface area contributed by atoms with Gasteiger partial charge in [0.15, 0.2) is 0 Å². The second-order valence-electron chi connectivity index (χ2n) is 10.1. The summed E-state index contributed by atoms with van der Waals surface area (Å²) in [6.45, 7) is 2.17. The Balaban J connectivity index is 1.56. The van der Waals surface area contributed by atoms with Crippen LogP contribution in [0.1, 0.15) is 73.3 Å². The second-order valence-corrected chi connectivity index (χ2v) is 10.1. The van der Waals surface area contributed by atoms with E-state index in [1.165, 1.54) is 35.1 Å². The number of ether oxygens (including phenoxy) is 2. The van der Waals surface area contributed by atoms with E-state index in [1.54, 1.807) is 7.11 Å². The lowest BCUT2D eigenvalue weighted by atomic mass is 9.59. The summed E-state index contributed by atoms with van der Waals surface area (Å²) in [7, 11) is 3.61. The molecule has 3 aliphatic carbocycles. The second kappa shape index (κ2) is 7.22. The fraction of sp³-hybridized carbons (Fsp3) is 0.483. The lowest BCUT2D eigenvalue weighted by Crippen LogP contribution is -2.45. The van der Waals surface area contributed by atoms with Gasteiger partial charge in [-0.3, -0.25) is 4.99 Å². The Hall–Kier alpha value is -2.57. The van der Waals surface area contributed by atoms with Crippen molar-refractivity contribution in [2.75, 3.05) is 14.2 Å². The van der Waals surface area contributed by atoms with Gasteiger partial charge in [-0.2, -0.15) is 0 Å². The average Bonchev–Trinajstić information content (AvgIpc) is 3.56. The highest BCUT2D eigenvalue weighted by atomic mass is 16.5. The predicted octanol–water partition coefficient (Wildman–Crippen LogP) is 5.65. The molecule has 3 nitrogen and oxygen atoms in total. The maximum atomic E-state index is 5.75. The zero-order valence-corrected chi connectivity index (χ0v) is 19.3. The summed E-state index contributed by atoms with van der Waals surface area (Å²) in [6, 6.07) is 13.4. The SMILES string of the molecule is COc1ccc2c(c1)C1(N=C2C)c2cc(C#CC3CC3)ccc2CC12CCC(OC)CC2. The van der Waals surface area contributed by atoms with E-state index in [9.17, 15) is 0 Å². The van der Waals surface area contributed by atoms with E-state index in [-0.39, 0.29) is 11.0 Å². The van der Waals surface area contributed by atoms with Gasteiger partial charge in [0.25, 0.3) is 0 Å². The van der Waals surface area contributed by atoms with Crippen LogP contribution in [0.3, 0.4) is 0 Å². The molecule has 2 aromatic carbocycles. The first-order chi connectivity index (χ1) is 15.6. The highest BCUT2D eigenvalue weighted by Gasteiger charge is 2.61. The monoisotopic (exact) mass is 425 g/mol. The van der Waals surface area contributed by atoms with Crippen LogP contribution >= 0.6 is 0 Å². The molecule has 2 spiro atoms. The van der Waals surface area contributed by atoms with Crippen LogP contribution < -0.4 is 4.74 Å². The number of nitrogens with zero attached hydrogens (tertiary/aromatic N) is 1. The summed E-state index contributed by atoms with van der Waals surface area (Å²) in [4.78, 5) is 5.55. The Bertz CT molecular complexity index is 1170. The zero-order chi connectivity index (χ0) is 21.9. The number of benzene rings is 2. The normalized spacial score (nSPS) is 30.0. The molecule has 1 heterocycles. The first kappa shape index (κ1) is 20.1. The third kappa shape index (κ3) is 2.82. The van der Waals surface area contributed by atoms with E-state index in [2.05, 4.69) is 55.2 Å². The Morgan fingerprint density at radius 2 is 1.78 bits per heavy atom. The van der Waals surface area contributed by atoms with Crippen LogP contribution in [0.5, 0.6) is 5.75 Å². The van der Waals surface area contributed by atoms with E-state index in [4.69, 9.17) is 14.5 Å². The molecule has 164 valence electrons. The molecule has 32 heavy (non-hydrogen) atoms. The highest BCUT2D eigenvalue weighted by Crippen LogP contribution is 2.65. The fourth-order valence-electron chi connectivity index (χ4n) is 6.50. The topological polar surface area (TPSA) is 30.8 Å². The number of aliphatic imine (C=N–C) groups is 1. The summed E-state index contributed by atoms with van der Waals surface area (Å²) < 4.78 is 11.4. The smallest absolute Gasteiger partial charge is 0.119 e. The first-order valence-electron chi connectivity index (χ1n) is 12.0. The van der Waals surface area contributed by atoms with Gasteiger partial charge in [-0.1, -0.05) is 17.9 Å². The number of rotatable bonds is 2. The van der Waals surface area contributed by atoms with Crippen molar-refractivity contribution >= 4 is 5.71 Å². The predicted molar refractivity (Wildman–Crippen MR) is 127 cm³/mol. The molecule has 4 aliphatic rings. The van der Waals surface area contributed by atoms with Gasteiger partial charge in [0, 0.05) is 35.3 Å². The molecule has 1 unspecified atom stereocenters. The van der Waals surface area contributed by atoms with Gasteiger partial charge in [-0.25, -0.2) is 0 Å². The molecule has 2 aromatic rings. The zero-order valence-electron chi connectivity index (χ0n) is 19.3. The molecule has 1 atom stereocenters. The highest BCUT2D eigenvalue weighted by molar-refractivity contribution is 6.04. The molecule has 2 saturated carbocycles. The minimum absolute atomic E-state index is 0.0752. The van der Waals surface area contributed by atoms with Crippen LogP contribution in [0.4, 0.5) is 0 Å². The molecule has 6 rings (SSSR count). The maximum Gasteiger partial charge on any atom is 0.119 e. The molecule has 3 heteroatoms. The van der Waals surface area contributed by atoms with Gasteiger partial charge < -0.3 is 9.47 Å². The van der Waals surface area contributed by atoms with Crippen LogP contribution in [0.25, 0.3) is 0 Å². The minimum atomic E-state index is -0.355. The molecular weight excluding hydrogens is 394 g/mol. The minimum Gasteiger partial charge on any atom is -0.497 e. The van der Waals surface area contributed by atoms with Gasteiger partial charge in [0.1, 0.15) is 11.3 Å². The summed E-state index contributed by atoms with van der Waals surface area (Å²) in [5.74, 6) is 8.43. The maximum absolute atomic E-state index is 5.75. The Morgan fingerprint density at radius 3 is 2.50 bits per heavy atom. The van der Waals surface area contributed by atoms with Crippen molar-refractivity contribution in [1.82, 2.24) is 0 Å². The molecule has 0 aromatic heterocycles. The van der Waals surface area contributed by atoms with Crippen LogP contribution in [-0.4, -0.2) is 26.0 Å². The third-order valence-corrected chi connectivity index (χ3v) is 8.36. The van der Waals surface area contributed by atoms with Crippen molar-refractivity contribution in [3.05, 3.63) is 64.2 Å². The molecule has 0 radical (unpaired) electrons. The van der Waals surface area contributed by atoms with Gasteiger partial charge in [-0.15, -0.1) is 0 Å². The molecular formula is C29H31NO2. The first-order valence-corrected chi connectivity index (χ1v) is 12.0. The van der Waals surface area contributed by atoms with Crippen molar-refractivity contribution in [3.63, 3.8) is 0 Å². The van der Waals surface area contributed by atoms with Crippen molar-refractivity contribution in [2.45, 2.75) is 63.5 Å². The third-order valence-electron chi connectivity index (χ3n) is 8.36. The summed E-state index contributed by atoms with van der Waals surface area (Å²) in [5.41, 5.74) is 7.36. The fourth-order valence-corrected chi connectivity index (χ4v) is 6.50. The Labute approximate surface area is 191 Å². The van der Waals surface area contributed by atoms with E-state index in [0.717, 1.165) is 49.1 Å². The van der Waals surface area contributed by atoms with Gasteiger partial charge >= 0.3 is 0 Å². The van der Waals surface area contributed by atoms with E-state index >= 15 is 0 Å². The van der Waals surface area contributed by atoms with E-state index in [0.29, 0.717) is 12.0 Å². The number of hydrogen-bond acceptors (Lipinski definition) is 3. The summed E-state index contributed by atoms with van der Waals surface area (Å²) in [6.07, 6.45) is 8.36. The van der Waals surface area contributed by atoms with Crippen LogP contribution in [0.2, 0.25) is 0 Å². The van der Waals surface area contributed by atoms with E-state index in [1.807, 2.05) is 7.11 Å². The standard InChI is InChI=1S/C29H31NO2/c1-19-25-11-10-24(32-3)17-27(25)29(30-19)26-16-21(7-6-20-4-5-20)8-9-22(26)18-28(29)14-12-23(31-2)13-15-28/h8-11,16-17,20,23H,4-5,12-15,18H2,1-3H3. The average molecular weight is 426 g/mol. The largest absolute Gasteiger partial charge is 0.497 e. The molecule has 1 aliphatic heterocycles. The van der Waals surface area contributed by atoms with Gasteiger partial charge in [-0.05, 0) is 98.9 Å². The van der Waals surface area contributed by atoms with Crippen LogP contribution in [-0.2, 0) is 16.7 Å². The van der Waals surface area contributed by atoms with Crippen molar-refractivity contribution in [2.24, 2.45) is 16.3 Å². The summed E-state index contributed by atoms with van der Waals surface area (Å²) in [5, 5.41) is 0. The van der Waals surface area contributed by atoms with Gasteiger partial charge in [0.05, 0.1) is 13.2 Å². The molecule has 0 bridgehead atoms. The summed E-state index contributed by atoms with van der Waals surface area (Å²) >= 11 is 0. The quantitative estimate of drug-likeness (QED) is 0.582. The van der Waals surface area contributed by atoms with Crippen molar-refractivity contribution in [1.29, 1.82) is 0 Å². The lowest BCUT2D eigenvalue weighted by molar-refractivity contribution is 0.00682. The van der Waals surface area contributed by atoms with Crippen molar-refractivity contribution < 1.29 is 9.47 Å². The number of hydrogen-bond donors (Lipinski definition) is 0. The molecule has 0 saturated heterocycles. The molecule has 0 N–H and O–H groups in total. The number of methoxy groups -OCH3 is 2. The number of fused-ring (bicyclic) bond motifs is 5.